The molecule has 0 aliphatic rings. The molecule has 4 nitrogen and oxygen atoms in total. The van der Waals surface area contributed by atoms with E-state index in [1.54, 1.807) is 6.92 Å². The maximum atomic E-state index is 11.9. The fraction of sp³-hybridized carbons (Fsp3) is 0.182. The molecule has 0 saturated heterocycles. The van der Waals surface area contributed by atoms with Gasteiger partial charge in [-0.15, -0.1) is 13.2 Å². The minimum absolute atomic E-state index is 0.281. The van der Waals surface area contributed by atoms with Crippen molar-refractivity contribution in [1.82, 2.24) is 9.78 Å². The van der Waals surface area contributed by atoms with Crippen molar-refractivity contribution in [3.8, 4) is 11.4 Å². The number of hydrogen-bond donors (Lipinski definition) is 1. The zero-order valence-corrected chi connectivity index (χ0v) is 9.28. The molecule has 96 valence electrons. The van der Waals surface area contributed by atoms with E-state index in [4.69, 9.17) is 0 Å². The van der Waals surface area contributed by atoms with Crippen LogP contribution in [0.3, 0.4) is 0 Å². The summed E-state index contributed by atoms with van der Waals surface area (Å²) in [6, 6.07) is 6.40. The summed E-state index contributed by atoms with van der Waals surface area (Å²) in [6.07, 6.45) is -4.72. The lowest BCUT2D eigenvalue weighted by molar-refractivity contribution is -0.274. The van der Waals surface area contributed by atoms with Crippen molar-refractivity contribution < 1.29 is 17.9 Å². The van der Waals surface area contributed by atoms with Gasteiger partial charge in [0.25, 0.3) is 5.56 Å². The average Bonchev–Trinajstić information content (AvgIpc) is 2.57. The van der Waals surface area contributed by atoms with Gasteiger partial charge in [-0.25, -0.2) is 4.68 Å². The molecule has 0 amide bonds. The number of aryl methyl sites for hydroxylation is 1. The highest BCUT2D eigenvalue weighted by atomic mass is 19.4. The van der Waals surface area contributed by atoms with Crippen LogP contribution in [0.25, 0.3) is 5.69 Å². The monoisotopic (exact) mass is 258 g/mol. The molecule has 2 aromatic rings. The molecule has 0 bridgehead atoms. The molecule has 1 heterocycles. The number of H-pyrrole nitrogens is 1. The largest absolute Gasteiger partial charge is 0.573 e. The Hall–Kier alpha value is -2.18. The van der Waals surface area contributed by atoms with E-state index in [9.17, 15) is 18.0 Å². The van der Waals surface area contributed by atoms with Gasteiger partial charge in [0.15, 0.2) is 0 Å². The molecule has 7 heteroatoms. The van der Waals surface area contributed by atoms with Crippen LogP contribution in [0.2, 0.25) is 0 Å². The third kappa shape index (κ3) is 2.73. The van der Waals surface area contributed by atoms with Gasteiger partial charge in [-0.05, 0) is 31.2 Å². The van der Waals surface area contributed by atoms with Crippen molar-refractivity contribution in [2.24, 2.45) is 0 Å². The Morgan fingerprint density at radius 3 is 2.28 bits per heavy atom. The quantitative estimate of drug-likeness (QED) is 0.898. The number of nitrogens with zero attached hydrogens (tertiary/aromatic N) is 1. The van der Waals surface area contributed by atoms with E-state index in [0.717, 1.165) is 12.1 Å². The summed E-state index contributed by atoms with van der Waals surface area (Å²) in [7, 11) is 0. The predicted octanol–water partition coefficient (Wildman–Crippen LogP) is 2.37. The molecule has 0 radical (unpaired) electrons. The number of hydrogen-bond acceptors (Lipinski definition) is 2. The van der Waals surface area contributed by atoms with Crippen molar-refractivity contribution in [3.05, 3.63) is 46.4 Å². The number of benzene rings is 1. The lowest BCUT2D eigenvalue weighted by atomic mass is 10.3. The van der Waals surface area contributed by atoms with Crippen LogP contribution in [0, 0.1) is 6.92 Å². The lowest BCUT2D eigenvalue weighted by Crippen LogP contribution is -2.17. The van der Waals surface area contributed by atoms with E-state index in [1.165, 1.54) is 22.9 Å². The van der Waals surface area contributed by atoms with Crippen LogP contribution in [-0.4, -0.2) is 16.1 Å². The van der Waals surface area contributed by atoms with E-state index in [0.29, 0.717) is 11.4 Å². The molecule has 0 aliphatic heterocycles. The van der Waals surface area contributed by atoms with Gasteiger partial charge in [0.2, 0.25) is 0 Å². The lowest BCUT2D eigenvalue weighted by Gasteiger charge is -2.09. The number of aromatic amines is 1. The summed E-state index contributed by atoms with van der Waals surface area (Å²) >= 11 is 0. The first-order chi connectivity index (χ1) is 8.35. The molecule has 2 rings (SSSR count). The third-order valence-electron chi connectivity index (χ3n) is 2.18. The first-order valence-electron chi connectivity index (χ1n) is 5.00. The van der Waals surface area contributed by atoms with Crippen molar-refractivity contribution in [2.45, 2.75) is 13.3 Å². The minimum Gasteiger partial charge on any atom is -0.406 e. The number of alkyl halides is 3. The van der Waals surface area contributed by atoms with Crippen LogP contribution in [0.1, 0.15) is 5.69 Å². The Balaban J connectivity index is 2.28. The first-order valence-corrected chi connectivity index (χ1v) is 5.00. The Labute approximate surface area is 99.6 Å². The Kier molecular flexibility index (Phi) is 2.90. The molecular formula is C11H9F3N2O2. The number of nitrogens with one attached hydrogen (secondary N) is 1. The highest BCUT2D eigenvalue weighted by Gasteiger charge is 2.30. The number of aromatic nitrogens is 2. The highest BCUT2D eigenvalue weighted by molar-refractivity contribution is 5.37. The van der Waals surface area contributed by atoms with Gasteiger partial charge < -0.3 is 4.74 Å². The number of ether oxygens (including phenoxy) is 1. The average molecular weight is 258 g/mol. The number of rotatable bonds is 2. The van der Waals surface area contributed by atoms with Gasteiger partial charge in [0.1, 0.15) is 5.75 Å². The summed E-state index contributed by atoms with van der Waals surface area (Å²) in [5, 5.41) is 2.77. The molecular weight excluding hydrogens is 249 g/mol. The fourth-order valence-electron chi connectivity index (χ4n) is 1.50. The van der Waals surface area contributed by atoms with Gasteiger partial charge in [-0.2, -0.15) is 0 Å². The highest BCUT2D eigenvalue weighted by Crippen LogP contribution is 2.23. The molecule has 0 aliphatic carbocycles. The van der Waals surface area contributed by atoms with Crippen LogP contribution in [0.15, 0.2) is 35.1 Å². The van der Waals surface area contributed by atoms with Crippen molar-refractivity contribution in [1.29, 1.82) is 0 Å². The van der Waals surface area contributed by atoms with Crippen LogP contribution in [0.5, 0.6) is 5.75 Å². The zero-order valence-electron chi connectivity index (χ0n) is 9.28. The smallest absolute Gasteiger partial charge is 0.406 e. The summed E-state index contributed by atoms with van der Waals surface area (Å²) in [5.74, 6) is -0.331. The molecule has 0 saturated carbocycles. The summed E-state index contributed by atoms with van der Waals surface area (Å²) in [4.78, 5) is 11.5. The van der Waals surface area contributed by atoms with Crippen LogP contribution in [0.4, 0.5) is 13.2 Å². The molecule has 1 N–H and O–H groups in total. The Bertz CT molecular complexity index is 596. The first kappa shape index (κ1) is 12.3. The van der Waals surface area contributed by atoms with Crippen molar-refractivity contribution in [2.75, 3.05) is 0 Å². The summed E-state index contributed by atoms with van der Waals surface area (Å²) in [5.41, 5.74) is 0.815. The molecule has 0 spiro atoms. The molecule has 0 unspecified atom stereocenters. The molecule has 1 aromatic carbocycles. The second-order valence-corrected chi connectivity index (χ2v) is 3.65. The molecule has 0 atom stereocenters. The predicted molar refractivity (Wildman–Crippen MR) is 57.8 cm³/mol. The van der Waals surface area contributed by atoms with Crippen LogP contribution < -0.4 is 10.3 Å². The van der Waals surface area contributed by atoms with E-state index in [1.807, 2.05) is 0 Å². The number of halogens is 3. The Morgan fingerprint density at radius 1 is 1.22 bits per heavy atom. The maximum absolute atomic E-state index is 11.9. The van der Waals surface area contributed by atoms with Gasteiger partial charge in [0, 0.05) is 11.8 Å². The Morgan fingerprint density at radius 2 is 1.83 bits per heavy atom. The van der Waals surface area contributed by atoms with Gasteiger partial charge in [0.05, 0.1) is 5.69 Å². The zero-order chi connectivity index (χ0) is 13.3. The van der Waals surface area contributed by atoms with Crippen molar-refractivity contribution in [3.63, 3.8) is 0 Å². The summed E-state index contributed by atoms with van der Waals surface area (Å²) in [6.45, 7) is 1.71. The second-order valence-electron chi connectivity index (χ2n) is 3.65. The van der Waals surface area contributed by atoms with Crippen LogP contribution in [-0.2, 0) is 0 Å². The van der Waals surface area contributed by atoms with Crippen LogP contribution >= 0.6 is 0 Å². The van der Waals surface area contributed by atoms with E-state index < -0.39 is 6.36 Å². The fourth-order valence-corrected chi connectivity index (χ4v) is 1.50. The third-order valence-corrected chi connectivity index (χ3v) is 2.18. The molecule has 1 aromatic heterocycles. The maximum Gasteiger partial charge on any atom is 0.573 e. The van der Waals surface area contributed by atoms with E-state index >= 15 is 0 Å². The molecule has 0 fully saturated rings. The van der Waals surface area contributed by atoms with Gasteiger partial charge in [-0.1, -0.05) is 0 Å². The topological polar surface area (TPSA) is 47.0 Å². The normalized spacial score (nSPS) is 11.6. The summed E-state index contributed by atoms with van der Waals surface area (Å²) < 4.78 is 40.8. The van der Waals surface area contributed by atoms with Crippen molar-refractivity contribution >= 4 is 0 Å². The SMILES string of the molecule is Cc1cc(=O)n(-c2ccc(OC(F)(F)F)cc2)[nH]1. The standard InChI is InChI=1S/C11H9F3N2O2/c1-7-6-10(17)16(15-7)8-2-4-9(5-3-8)18-11(12,13)14/h2-6,15H,1H3. The van der Waals surface area contributed by atoms with E-state index in [2.05, 4.69) is 9.84 Å². The molecule has 18 heavy (non-hydrogen) atoms. The van der Waals surface area contributed by atoms with Gasteiger partial charge in [-0.3, -0.25) is 9.89 Å². The van der Waals surface area contributed by atoms with E-state index in [-0.39, 0.29) is 11.3 Å². The van der Waals surface area contributed by atoms with Gasteiger partial charge >= 0.3 is 6.36 Å². The minimum atomic E-state index is -4.72. The second kappa shape index (κ2) is 4.25.